The highest BCUT2D eigenvalue weighted by molar-refractivity contribution is 5.60. The van der Waals surface area contributed by atoms with Gasteiger partial charge >= 0.3 is 0 Å². The zero-order valence-corrected chi connectivity index (χ0v) is 11.6. The van der Waals surface area contributed by atoms with Gasteiger partial charge in [-0.3, -0.25) is 9.48 Å². The van der Waals surface area contributed by atoms with E-state index in [-0.39, 0.29) is 12.1 Å². The van der Waals surface area contributed by atoms with E-state index in [9.17, 15) is 9.18 Å². The summed E-state index contributed by atoms with van der Waals surface area (Å²) in [6, 6.07) is 4.03. The molecule has 0 bridgehead atoms. The fourth-order valence-corrected chi connectivity index (χ4v) is 2.06. The second-order valence-electron chi connectivity index (χ2n) is 4.76. The van der Waals surface area contributed by atoms with E-state index in [4.69, 9.17) is 4.52 Å². The van der Waals surface area contributed by atoms with Crippen LogP contribution in [0.5, 0.6) is 0 Å². The fraction of sp³-hybridized carbons (Fsp3) is 0.214. The van der Waals surface area contributed by atoms with E-state index in [1.807, 2.05) is 14.0 Å². The van der Waals surface area contributed by atoms with Crippen molar-refractivity contribution >= 4 is 0 Å². The van der Waals surface area contributed by atoms with E-state index >= 15 is 0 Å². The van der Waals surface area contributed by atoms with Gasteiger partial charge in [-0.25, -0.2) is 4.39 Å². The number of hydrogen-bond donors (Lipinski definition) is 0. The maximum atomic E-state index is 13.2. The third kappa shape index (κ3) is 2.49. The van der Waals surface area contributed by atoms with Gasteiger partial charge in [0, 0.05) is 36.6 Å². The molecule has 3 rings (SSSR count). The molecule has 0 aliphatic heterocycles. The summed E-state index contributed by atoms with van der Waals surface area (Å²) in [5.41, 5.74) is 2.16. The molecule has 0 atom stereocenters. The van der Waals surface area contributed by atoms with Crippen molar-refractivity contribution in [2.24, 2.45) is 7.05 Å². The van der Waals surface area contributed by atoms with Crippen LogP contribution in [0.2, 0.25) is 0 Å². The van der Waals surface area contributed by atoms with E-state index in [2.05, 4.69) is 10.3 Å². The Morgan fingerprint density at radius 3 is 2.90 bits per heavy atom. The maximum Gasteiger partial charge on any atom is 0.251 e. The van der Waals surface area contributed by atoms with Gasteiger partial charge in [-0.1, -0.05) is 5.16 Å². The first-order valence-electron chi connectivity index (χ1n) is 6.35. The molecule has 0 radical (unpaired) electrons. The Balaban J connectivity index is 1.90. The van der Waals surface area contributed by atoms with Crippen molar-refractivity contribution < 1.29 is 8.91 Å². The Morgan fingerprint density at radius 2 is 2.19 bits per heavy atom. The third-order valence-electron chi connectivity index (χ3n) is 3.34. The first-order valence-corrected chi connectivity index (χ1v) is 6.35. The number of halogens is 1. The molecule has 108 valence electrons. The average Bonchev–Trinajstić information content (AvgIpc) is 3.03. The molecule has 7 heteroatoms. The predicted molar refractivity (Wildman–Crippen MR) is 73.2 cm³/mol. The highest BCUT2D eigenvalue weighted by Crippen LogP contribution is 2.22. The van der Waals surface area contributed by atoms with E-state index in [1.165, 1.54) is 10.6 Å². The minimum Gasteiger partial charge on any atom is -0.359 e. The maximum absolute atomic E-state index is 13.2. The van der Waals surface area contributed by atoms with Crippen molar-refractivity contribution in [1.82, 2.24) is 19.5 Å². The molecule has 0 saturated heterocycles. The fourth-order valence-electron chi connectivity index (χ4n) is 2.06. The lowest BCUT2D eigenvalue weighted by Gasteiger charge is -2.01. The molecule has 0 spiro atoms. The monoisotopic (exact) mass is 288 g/mol. The molecular weight excluding hydrogens is 275 g/mol. The molecule has 3 aromatic heterocycles. The van der Waals surface area contributed by atoms with Gasteiger partial charge in [-0.2, -0.15) is 5.10 Å². The van der Waals surface area contributed by atoms with Crippen LogP contribution in [0.3, 0.4) is 0 Å². The van der Waals surface area contributed by atoms with Crippen LogP contribution in [-0.4, -0.2) is 19.5 Å². The summed E-state index contributed by atoms with van der Waals surface area (Å²) in [5, 5.41) is 8.11. The molecule has 6 nitrogen and oxygen atoms in total. The van der Waals surface area contributed by atoms with Crippen LogP contribution in [0, 0.1) is 12.7 Å². The van der Waals surface area contributed by atoms with Crippen molar-refractivity contribution in [2.45, 2.75) is 13.5 Å². The van der Waals surface area contributed by atoms with Gasteiger partial charge in [-0.15, -0.1) is 0 Å². The lowest BCUT2D eigenvalue weighted by atomic mass is 10.2. The lowest BCUT2D eigenvalue weighted by molar-refractivity contribution is 0.376. The molecule has 3 aromatic rings. The second-order valence-corrected chi connectivity index (χ2v) is 4.76. The van der Waals surface area contributed by atoms with Crippen molar-refractivity contribution in [1.29, 1.82) is 0 Å². The van der Waals surface area contributed by atoms with Crippen molar-refractivity contribution in [3.05, 3.63) is 58.2 Å². The molecule has 0 amide bonds. The van der Waals surface area contributed by atoms with E-state index in [1.54, 1.807) is 16.9 Å². The van der Waals surface area contributed by atoms with E-state index < -0.39 is 5.82 Å². The molecule has 0 fully saturated rings. The van der Waals surface area contributed by atoms with Crippen LogP contribution >= 0.6 is 0 Å². The normalized spacial score (nSPS) is 11.0. The van der Waals surface area contributed by atoms with Gasteiger partial charge in [0.25, 0.3) is 5.56 Å². The summed E-state index contributed by atoms with van der Waals surface area (Å²) in [7, 11) is 1.84. The van der Waals surface area contributed by atoms with Crippen LogP contribution in [0.1, 0.15) is 11.5 Å². The van der Waals surface area contributed by atoms with Crippen LogP contribution in [-0.2, 0) is 13.6 Å². The van der Waals surface area contributed by atoms with E-state index in [0.717, 1.165) is 23.5 Å². The molecule has 0 N–H and O–H groups in total. The Labute approximate surface area is 119 Å². The number of aryl methyl sites for hydroxylation is 1. The Kier molecular flexibility index (Phi) is 3.17. The highest BCUT2D eigenvalue weighted by atomic mass is 19.1. The van der Waals surface area contributed by atoms with Gasteiger partial charge in [0.1, 0.15) is 11.5 Å². The summed E-state index contributed by atoms with van der Waals surface area (Å²) in [6.45, 7) is 2.05. The SMILES string of the molecule is Cc1c(-c2cc(Cn3cc(F)ccc3=O)on2)cnn1C. The first-order chi connectivity index (χ1) is 10.0. The molecule has 21 heavy (non-hydrogen) atoms. The quantitative estimate of drug-likeness (QED) is 0.736. The zero-order valence-electron chi connectivity index (χ0n) is 11.6. The second kappa shape index (κ2) is 5.01. The van der Waals surface area contributed by atoms with Gasteiger partial charge in [0.05, 0.1) is 12.7 Å². The largest absolute Gasteiger partial charge is 0.359 e. The molecule has 0 unspecified atom stereocenters. The van der Waals surface area contributed by atoms with Crippen molar-refractivity contribution in [3.8, 4) is 11.3 Å². The topological polar surface area (TPSA) is 65.8 Å². The van der Waals surface area contributed by atoms with E-state index in [0.29, 0.717) is 11.5 Å². The van der Waals surface area contributed by atoms with Crippen LogP contribution in [0.15, 0.2) is 39.9 Å². The number of pyridine rings is 1. The molecule has 0 aromatic carbocycles. The van der Waals surface area contributed by atoms with Gasteiger partial charge < -0.3 is 9.09 Å². The van der Waals surface area contributed by atoms with Crippen LogP contribution < -0.4 is 5.56 Å². The lowest BCUT2D eigenvalue weighted by Crippen LogP contribution is -2.19. The summed E-state index contributed by atoms with van der Waals surface area (Å²) in [6.07, 6.45) is 2.84. The Bertz CT molecular complexity index is 847. The van der Waals surface area contributed by atoms with Gasteiger partial charge in [0.2, 0.25) is 0 Å². The molecule has 0 saturated carbocycles. The smallest absolute Gasteiger partial charge is 0.251 e. The number of aromatic nitrogens is 4. The van der Waals surface area contributed by atoms with Crippen molar-refractivity contribution in [2.75, 3.05) is 0 Å². The highest BCUT2D eigenvalue weighted by Gasteiger charge is 2.12. The molecule has 0 aliphatic carbocycles. The first kappa shape index (κ1) is 13.3. The number of hydrogen-bond acceptors (Lipinski definition) is 4. The summed E-state index contributed by atoms with van der Waals surface area (Å²) < 4.78 is 21.3. The molecule has 3 heterocycles. The third-order valence-corrected chi connectivity index (χ3v) is 3.34. The number of rotatable bonds is 3. The Hall–Kier alpha value is -2.70. The summed E-state index contributed by atoms with van der Waals surface area (Å²) >= 11 is 0. The molecular formula is C14H13FN4O2. The minimum atomic E-state index is -0.475. The van der Waals surface area contributed by atoms with Crippen LogP contribution in [0.25, 0.3) is 11.3 Å². The average molecular weight is 288 g/mol. The van der Waals surface area contributed by atoms with Crippen LogP contribution in [0.4, 0.5) is 4.39 Å². The minimum absolute atomic E-state index is 0.128. The zero-order chi connectivity index (χ0) is 15.0. The van der Waals surface area contributed by atoms with Crippen molar-refractivity contribution in [3.63, 3.8) is 0 Å². The van der Waals surface area contributed by atoms with Gasteiger partial charge in [0.15, 0.2) is 5.76 Å². The van der Waals surface area contributed by atoms with Gasteiger partial charge in [-0.05, 0) is 13.0 Å². The summed E-state index contributed by atoms with van der Waals surface area (Å²) in [4.78, 5) is 11.6. The Morgan fingerprint density at radius 1 is 1.38 bits per heavy atom. The standard InChI is InChI=1S/C14H13FN4O2/c1-9-12(6-16-18(9)2)13-5-11(21-17-13)8-19-7-10(15)3-4-14(19)20/h3-7H,8H2,1-2H3. The molecule has 0 aliphatic rings. The number of nitrogens with zero attached hydrogens (tertiary/aromatic N) is 4. The predicted octanol–water partition coefficient (Wildman–Crippen LogP) is 1.73. The summed E-state index contributed by atoms with van der Waals surface area (Å²) in [5.74, 6) is -0.00149.